The third-order valence-corrected chi connectivity index (χ3v) is 4.85. The molecule has 1 heterocycles. The van der Waals surface area contributed by atoms with E-state index in [9.17, 15) is 14.0 Å². The first-order valence-electron chi connectivity index (χ1n) is 9.57. The lowest BCUT2D eigenvalue weighted by molar-refractivity contribution is -0.121. The number of para-hydroxylation sites is 1. The van der Waals surface area contributed by atoms with Crippen LogP contribution in [0.1, 0.15) is 35.5 Å². The largest absolute Gasteiger partial charge is 0.452 e. The van der Waals surface area contributed by atoms with E-state index in [1.807, 2.05) is 38.1 Å². The maximum absolute atomic E-state index is 13.1. The molecule has 0 unspecified atom stereocenters. The molecule has 0 aliphatic heterocycles. The second-order valence-electron chi connectivity index (χ2n) is 6.62. The highest BCUT2D eigenvalue weighted by atomic mass is 19.1. The molecule has 0 atom stereocenters. The highest BCUT2D eigenvalue weighted by Crippen LogP contribution is 2.24. The zero-order valence-electron chi connectivity index (χ0n) is 16.7. The van der Waals surface area contributed by atoms with Crippen LogP contribution in [-0.4, -0.2) is 30.0 Å². The van der Waals surface area contributed by atoms with Crippen molar-refractivity contribution >= 4 is 28.5 Å². The van der Waals surface area contributed by atoms with Gasteiger partial charge in [0.05, 0.1) is 16.8 Å². The van der Waals surface area contributed by atoms with E-state index in [1.54, 1.807) is 6.92 Å². The summed E-state index contributed by atoms with van der Waals surface area (Å²) in [6, 6.07) is 13.2. The summed E-state index contributed by atoms with van der Waals surface area (Å²) >= 11 is 0. The van der Waals surface area contributed by atoms with Gasteiger partial charge in [0.25, 0.3) is 5.91 Å². The molecule has 3 rings (SSSR count). The predicted molar refractivity (Wildman–Crippen MR) is 111 cm³/mol. The van der Waals surface area contributed by atoms with Crippen molar-refractivity contribution < 1.29 is 18.7 Å². The number of anilines is 1. The minimum Gasteiger partial charge on any atom is -0.452 e. The molecule has 1 aromatic heterocycles. The van der Waals surface area contributed by atoms with Gasteiger partial charge in [-0.25, -0.2) is 9.18 Å². The molecule has 3 aromatic rings. The van der Waals surface area contributed by atoms with Crippen molar-refractivity contribution in [3.63, 3.8) is 0 Å². The molecule has 0 bridgehead atoms. The highest BCUT2D eigenvalue weighted by Gasteiger charge is 2.22. The number of fused-ring (bicyclic) bond motifs is 1. The average molecular weight is 394 g/mol. The van der Waals surface area contributed by atoms with E-state index in [4.69, 9.17) is 4.74 Å². The predicted octanol–water partition coefficient (Wildman–Crippen LogP) is 4.45. The van der Waals surface area contributed by atoms with Gasteiger partial charge < -0.3 is 9.64 Å². The molecule has 0 radical (unpaired) electrons. The molecule has 1 amide bonds. The summed E-state index contributed by atoms with van der Waals surface area (Å²) in [5, 5.41) is 0.879. The van der Waals surface area contributed by atoms with Gasteiger partial charge in [-0.15, -0.1) is 0 Å². The number of amides is 1. The van der Waals surface area contributed by atoms with E-state index in [1.165, 1.54) is 29.2 Å². The zero-order chi connectivity index (χ0) is 21.0. The fourth-order valence-electron chi connectivity index (χ4n) is 3.37. The van der Waals surface area contributed by atoms with Crippen LogP contribution in [-0.2, 0) is 16.0 Å². The minimum atomic E-state index is -0.568. The molecule has 0 N–H and O–H groups in total. The monoisotopic (exact) mass is 394 g/mol. The summed E-state index contributed by atoms with van der Waals surface area (Å²) in [6.45, 7) is 5.55. The smallest absolute Gasteiger partial charge is 0.340 e. The Morgan fingerprint density at radius 1 is 1.07 bits per heavy atom. The van der Waals surface area contributed by atoms with Crippen LogP contribution < -0.4 is 4.90 Å². The average Bonchev–Trinajstić information content (AvgIpc) is 2.73. The maximum Gasteiger partial charge on any atom is 0.340 e. The van der Waals surface area contributed by atoms with Crippen LogP contribution in [0, 0.1) is 12.7 Å². The summed E-state index contributed by atoms with van der Waals surface area (Å²) in [7, 11) is 0. The van der Waals surface area contributed by atoms with E-state index in [2.05, 4.69) is 4.98 Å². The highest BCUT2D eigenvalue weighted by molar-refractivity contribution is 6.00. The van der Waals surface area contributed by atoms with Gasteiger partial charge >= 0.3 is 5.97 Å². The molecule has 6 heteroatoms. The maximum atomic E-state index is 13.1. The molecule has 0 aliphatic rings. The Bertz CT molecular complexity index is 1050. The molecule has 0 fully saturated rings. The summed E-state index contributed by atoms with van der Waals surface area (Å²) in [5.41, 5.74) is 3.21. The van der Waals surface area contributed by atoms with Gasteiger partial charge in [0, 0.05) is 17.6 Å². The van der Waals surface area contributed by atoms with E-state index in [0.29, 0.717) is 29.9 Å². The quantitative estimate of drug-likeness (QED) is 0.580. The number of ether oxygens (including phenoxy) is 1. The number of likely N-dealkylation sites (N-methyl/N-ethyl adjacent to an activating group) is 1. The van der Waals surface area contributed by atoms with Crippen LogP contribution >= 0.6 is 0 Å². The molecule has 5 nitrogen and oxygen atoms in total. The zero-order valence-corrected chi connectivity index (χ0v) is 16.7. The summed E-state index contributed by atoms with van der Waals surface area (Å²) < 4.78 is 18.5. The number of nitrogens with zero attached hydrogens (tertiary/aromatic N) is 2. The van der Waals surface area contributed by atoms with E-state index in [-0.39, 0.29) is 11.7 Å². The van der Waals surface area contributed by atoms with Crippen LogP contribution in [0.5, 0.6) is 0 Å². The van der Waals surface area contributed by atoms with Gasteiger partial charge in [-0.1, -0.05) is 25.1 Å². The first kappa shape index (κ1) is 20.5. The minimum absolute atomic E-state index is 0.374. The number of aromatic nitrogens is 1. The third-order valence-electron chi connectivity index (χ3n) is 4.85. The lowest BCUT2D eigenvalue weighted by Crippen LogP contribution is -2.34. The van der Waals surface area contributed by atoms with Gasteiger partial charge in [-0.05, 0) is 56.2 Å². The van der Waals surface area contributed by atoms with E-state index >= 15 is 0 Å². The molecular weight excluding hydrogens is 371 g/mol. The Balaban J connectivity index is 1.80. The van der Waals surface area contributed by atoms with Gasteiger partial charge in [0.2, 0.25) is 0 Å². The second kappa shape index (κ2) is 8.82. The first-order valence-corrected chi connectivity index (χ1v) is 9.57. The molecule has 150 valence electrons. The fourth-order valence-corrected chi connectivity index (χ4v) is 3.37. The van der Waals surface area contributed by atoms with Crippen molar-refractivity contribution in [2.24, 2.45) is 0 Å². The third kappa shape index (κ3) is 4.26. The van der Waals surface area contributed by atoms with Crippen molar-refractivity contribution in [2.45, 2.75) is 27.2 Å². The van der Waals surface area contributed by atoms with Gasteiger partial charge in [-0.2, -0.15) is 0 Å². The van der Waals surface area contributed by atoms with Gasteiger partial charge in [-0.3, -0.25) is 9.78 Å². The lowest BCUT2D eigenvalue weighted by atomic mass is 10.0. The molecule has 0 saturated heterocycles. The standard InChI is InChI=1S/C23H23FN2O3/c1-4-19-22(15(3)18-8-6-7-9-20(18)25-19)23(28)29-14-21(27)26(5-2)17-12-10-16(24)11-13-17/h6-13H,4-5,14H2,1-3H3. The van der Waals surface area contributed by atoms with E-state index < -0.39 is 12.6 Å². The topological polar surface area (TPSA) is 59.5 Å². The normalized spacial score (nSPS) is 10.8. The number of hydrogen-bond donors (Lipinski definition) is 0. The molecule has 29 heavy (non-hydrogen) atoms. The second-order valence-corrected chi connectivity index (χ2v) is 6.62. The molecule has 0 spiro atoms. The van der Waals surface area contributed by atoms with E-state index in [0.717, 1.165) is 16.5 Å². The van der Waals surface area contributed by atoms with Crippen LogP contribution in [0.4, 0.5) is 10.1 Å². The van der Waals surface area contributed by atoms with Crippen molar-refractivity contribution in [2.75, 3.05) is 18.1 Å². The van der Waals surface area contributed by atoms with Crippen molar-refractivity contribution in [3.05, 3.63) is 71.2 Å². The lowest BCUT2D eigenvalue weighted by Gasteiger charge is -2.21. The number of esters is 1. The van der Waals surface area contributed by atoms with Crippen LogP contribution in [0.3, 0.4) is 0 Å². The Morgan fingerprint density at radius 2 is 1.76 bits per heavy atom. The number of carbonyl (C=O) groups excluding carboxylic acids is 2. The van der Waals surface area contributed by atoms with Crippen molar-refractivity contribution in [1.29, 1.82) is 0 Å². The van der Waals surface area contributed by atoms with Crippen molar-refractivity contribution in [1.82, 2.24) is 4.98 Å². The van der Waals surface area contributed by atoms with Gasteiger partial charge in [0.1, 0.15) is 5.82 Å². The molecular formula is C23H23FN2O3. The summed E-state index contributed by atoms with van der Waals surface area (Å²) in [6.07, 6.45) is 0.570. The summed E-state index contributed by atoms with van der Waals surface area (Å²) in [4.78, 5) is 31.4. The number of aryl methyl sites for hydroxylation is 2. The summed E-state index contributed by atoms with van der Waals surface area (Å²) in [5.74, 6) is -1.33. The van der Waals surface area contributed by atoms with Crippen LogP contribution in [0.2, 0.25) is 0 Å². The molecule has 0 saturated carbocycles. The Hall–Kier alpha value is -3.28. The van der Waals surface area contributed by atoms with Gasteiger partial charge in [0.15, 0.2) is 6.61 Å². The number of carbonyl (C=O) groups is 2. The molecule has 0 aliphatic carbocycles. The number of benzene rings is 2. The Kier molecular flexibility index (Phi) is 6.22. The number of halogens is 1. The van der Waals surface area contributed by atoms with Crippen molar-refractivity contribution in [3.8, 4) is 0 Å². The SMILES string of the molecule is CCc1nc2ccccc2c(C)c1C(=O)OCC(=O)N(CC)c1ccc(F)cc1. The number of hydrogen-bond acceptors (Lipinski definition) is 4. The molecule has 2 aromatic carbocycles. The number of pyridine rings is 1. The Morgan fingerprint density at radius 3 is 2.41 bits per heavy atom. The fraction of sp³-hybridized carbons (Fsp3) is 0.261. The first-order chi connectivity index (χ1) is 14.0. The van der Waals surface area contributed by atoms with Crippen LogP contribution in [0.15, 0.2) is 48.5 Å². The van der Waals surface area contributed by atoms with Crippen LogP contribution in [0.25, 0.3) is 10.9 Å². The Labute approximate surface area is 169 Å². The number of rotatable bonds is 6.